The second-order valence-corrected chi connectivity index (χ2v) is 13.1. The van der Waals surface area contributed by atoms with Gasteiger partial charge in [0.25, 0.3) is 0 Å². The van der Waals surface area contributed by atoms with Crippen molar-refractivity contribution in [3.63, 3.8) is 0 Å². The van der Waals surface area contributed by atoms with Crippen molar-refractivity contribution in [2.24, 2.45) is 57.4 Å². The molecule has 1 unspecified atom stereocenters. The zero-order valence-corrected chi connectivity index (χ0v) is 21.8. The Bertz CT molecular complexity index is 816. The standard InChI is InChI=1S/C29H47NO3/c1-17(2)8-7-9-18(3)27-21(19(4)31)15-24-22-16-26(30-33)25-14-20(32)10-12-28(25,5)23(22)11-13-29(24,27)6/h14,17-18,20-24,27,32-33H,7-13,15-16H2,1-6H3/b30-26+/t18-,20+,21?,22-,23+,24+,27+,28-,29+/m1/s1. The monoisotopic (exact) mass is 457 g/mol. The third-order valence-electron chi connectivity index (χ3n) is 10.8. The van der Waals surface area contributed by atoms with Crippen molar-refractivity contribution in [1.29, 1.82) is 0 Å². The highest BCUT2D eigenvalue weighted by atomic mass is 16.4. The molecule has 2 N–H and O–H groups in total. The summed E-state index contributed by atoms with van der Waals surface area (Å²) in [5.74, 6) is 3.81. The number of allylic oxidation sites excluding steroid dienone is 1. The SMILES string of the molecule is CC(=O)C1C[C@H]2[C@@H]3C/C(=N\O)C4=C[C@@H](O)CC[C@]4(C)[C@H]3CC[C@]2(C)[C@H]1[C@H](C)CCCC(C)C. The van der Waals surface area contributed by atoms with Crippen LogP contribution in [0, 0.1) is 52.3 Å². The zero-order chi connectivity index (χ0) is 24.1. The van der Waals surface area contributed by atoms with Crippen LogP contribution < -0.4 is 0 Å². The van der Waals surface area contributed by atoms with Crippen molar-refractivity contribution in [1.82, 2.24) is 0 Å². The molecule has 0 aliphatic heterocycles. The van der Waals surface area contributed by atoms with Crippen LogP contribution in [0.4, 0.5) is 0 Å². The van der Waals surface area contributed by atoms with Crippen LogP contribution in [0.3, 0.4) is 0 Å². The number of aliphatic hydroxyl groups is 1. The smallest absolute Gasteiger partial charge is 0.133 e. The minimum Gasteiger partial charge on any atom is -0.411 e. The second kappa shape index (κ2) is 9.13. The molecule has 4 rings (SSSR count). The largest absolute Gasteiger partial charge is 0.411 e. The van der Waals surface area contributed by atoms with Crippen LogP contribution in [0.15, 0.2) is 16.8 Å². The van der Waals surface area contributed by atoms with Gasteiger partial charge in [0.2, 0.25) is 0 Å². The fourth-order valence-corrected chi connectivity index (χ4v) is 9.23. The highest BCUT2D eigenvalue weighted by Crippen LogP contribution is 2.68. The fourth-order valence-electron chi connectivity index (χ4n) is 9.23. The number of hydrogen-bond donors (Lipinski definition) is 2. The van der Waals surface area contributed by atoms with E-state index in [1.807, 2.05) is 13.0 Å². The molecule has 0 aromatic heterocycles. The maximum absolute atomic E-state index is 12.9. The molecule has 3 saturated carbocycles. The Kier molecular flexibility index (Phi) is 6.90. The predicted molar refractivity (Wildman–Crippen MR) is 133 cm³/mol. The molecule has 33 heavy (non-hydrogen) atoms. The Labute approximate surface area is 201 Å². The first-order valence-corrected chi connectivity index (χ1v) is 13.6. The Morgan fingerprint density at radius 1 is 1.15 bits per heavy atom. The van der Waals surface area contributed by atoms with Gasteiger partial charge in [0.15, 0.2) is 0 Å². The van der Waals surface area contributed by atoms with Crippen molar-refractivity contribution < 1.29 is 15.1 Å². The summed E-state index contributed by atoms with van der Waals surface area (Å²) in [7, 11) is 0. The highest BCUT2D eigenvalue weighted by molar-refractivity contribution is 6.02. The summed E-state index contributed by atoms with van der Waals surface area (Å²) in [5, 5.41) is 24.0. The summed E-state index contributed by atoms with van der Waals surface area (Å²) >= 11 is 0. The van der Waals surface area contributed by atoms with Gasteiger partial charge in [-0.15, -0.1) is 0 Å². The van der Waals surface area contributed by atoms with Gasteiger partial charge < -0.3 is 10.3 Å². The molecule has 186 valence electrons. The van der Waals surface area contributed by atoms with Crippen molar-refractivity contribution in [2.75, 3.05) is 0 Å². The molecule has 0 bridgehead atoms. The van der Waals surface area contributed by atoms with Crippen LogP contribution in [-0.4, -0.2) is 27.9 Å². The van der Waals surface area contributed by atoms with Gasteiger partial charge in [-0.05, 0) is 97.4 Å². The van der Waals surface area contributed by atoms with E-state index in [1.54, 1.807) is 0 Å². The maximum atomic E-state index is 12.9. The molecular weight excluding hydrogens is 410 g/mol. The molecule has 4 heteroatoms. The zero-order valence-electron chi connectivity index (χ0n) is 21.8. The number of oxime groups is 1. The van der Waals surface area contributed by atoms with Crippen LogP contribution in [0.5, 0.6) is 0 Å². The molecule has 4 aliphatic rings. The number of carbonyl (C=O) groups is 1. The molecule has 9 atom stereocenters. The van der Waals surface area contributed by atoms with E-state index < -0.39 is 6.10 Å². The maximum Gasteiger partial charge on any atom is 0.133 e. The summed E-state index contributed by atoms with van der Waals surface area (Å²) in [6.07, 6.45) is 11.2. The Morgan fingerprint density at radius 2 is 1.88 bits per heavy atom. The molecule has 0 heterocycles. The highest BCUT2D eigenvalue weighted by Gasteiger charge is 2.63. The summed E-state index contributed by atoms with van der Waals surface area (Å²) in [5.41, 5.74) is 2.03. The van der Waals surface area contributed by atoms with Crippen LogP contribution in [0.25, 0.3) is 0 Å². The summed E-state index contributed by atoms with van der Waals surface area (Å²) in [4.78, 5) is 12.9. The van der Waals surface area contributed by atoms with E-state index in [0.29, 0.717) is 35.4 Å². The lowest BCUT2D eigenvalue weighted by Crippen LogP contribution is -2.53. The van der Waals surface area contributed by atoms with Gasteiger partial charge in [-0.3, -0.25) is 4.79 Å². The molecule has 0 aromatic rings. The third-order valence-corrected chi connectivity index (χ3v) is 10.8. The molecule has 0 saturated heterocycles. The Morgan fingerprint density at radius 3 is 2.52 bits per heavy atom. The van der Waals surface area contributed by atoms with E-state index in [0.717, 1.165) is 42.9 Å². The van der Waals surface area contributed by atoms with Gasteiger partial charge in [0.1, 0.15) is 5.78 Å². The molecule has 4 nitrogen and oxygen atoms in total. The van der Waals surface area contributed by atoms with Gasteiger partial charge in [-0.25, -0.2) is 0 Å². The minimum atomic E-state index is -0.431. The molecule has 0 aromatic carbocycles. The van der Waals surface area contributed by atoms with Crippen LogP contribution in [-0.2, 0) is 4.79 Å². The number of Topliss-reactive ketones (excluding diaryl/α,β-unsaturated/α-hetero) is 1. The van der Waals surface area contributed by atoms with E-state index in [-0.39, 0.29) is 16.7 Å². The van der Waals surface area contributed by atoms with Crippen molar-refractivity contribution in [3.8, 4) is 0 Å². The van der Waals surface area contributed by atoms with Crippen LogP contribution in [0.1, 0.15) is 99.3 Å². The van der Waals surface area contributed by atoms with E-state index in [1.165, 1.54) is 32.1 Å². The number of ketones is 1. The van der Waals surface area contributed by atoms with Crippen LogP contribution in [0.2, 0.25) is 0 Å². The van der Waals surface area contributed by atoms with E-state index >= 15 is 0 Å². The lowest BCUT2D eigenvalue weighted by molar-refractivity contribution is -0.123. The third kappa shape index (κ3) is 4.13. The molecule has 0 amide bonds. The van der Waals surface area contributed by atoms with E-state index in [9.17, 15) is 15.1 Å². The molecular formula is C29H47NO3. The van der Waals surface area contributed by atoms with Crippen LogP contribution >= 0.6 is 0 Å². The van der Waals surface area contributed by atoms with Crippen molar-refractivity contribution in [2.45, 2.75) is 105 Å². The quantitative estimate of drug-likeness (QED) is 0.347. The van der Waals surface area contributed by atoms with Crippen molar-refractivity contribution >= 4 is 11.5 Å². The molecule has 0 spiro atoms. The lowest BCUT2D eigenvalue weighted by Gasteiger charge is -2.58. The van der Waals surface area contributed by atoms with E-state index in [4.69, 9.17) is 0 Å². The molecule has 3 fully saturated rings. The van der Waals surface area contributed by atoms with Gasteiger partial charge in [-0.1, -0.05) is 65.1 Å². The Hall–Kier alpha value is -1.16. The lowest BCUT2D eigenvalue weighted by atomic mass is 9.46. The summed E-state index contributed by atoms with van der Waals surface area (Å²) in [6, 6.07) is 0. The average Bonchev–Trinajstić information content (AvgIpc) is 3.07. The first-order chi connectivity index (χ1) is 15.5. The van der Waals surface area contributed by atoms with Gasteiger partial charge in [-0.2, -0.15) is 0 Å². The number of carbonyl (C=O) groups excluding carboxylic acids is 1. The number of rotatable bonds is 6. The fraction of sp³-hybridized carbons (Fsp3) is 0.862. The second-order valence-electron chi connectivity index (χ2n) is 13.1. The number of aliphatic hydroxyl groups excluding tert-OH is 1. The average molecular weight is 458 g/mol. The first-order valence-electron chi connectivity index (χ1n) is 13.6. The van der Waals surface area contributed by atoms with Crippen molar-refractivity contribution in [3.05, 3.63) is 11.6 Å². The molecule has 4 aliphatic carbocycles. The van der Waals surface area contributed by atoms with Gasteiger partial charge in [0.05, 0.1) is 11.8 Å². The number of hydrogen-bond acceptors (Lipinski definition) is 4. The van der Waals surface area contributed by atoms with Gasteiger partial charge in [0, 0.05) is 5.92 Å². The topological polar surface area (TPSA) is 69.9 Å². The molecule has 0 radical (unpaired) electrons. The van der Waals surface area contributed by atoms with Gasteiger partial charge >= 0.3 is 0 Å². The first kappa shape index (κ1) is 24.9. The number of fused-ring (bicyclic) bond motifs is 5. The summed E-state index contributed by atoms with van der Waals surface area (Å²) < 4.78 is 0. The Balaban J connectivity index is 1.65. The predicted octanol–water partition coefficient (Wildman–Crippen LogP) is 6.64. The summed E-state index contributed by atoms with van der Waals surface area (Å²) in [6.45, 7) is 13.7. The van der Waals surface area contributed by atoms with E-state index in [2.05, 4.69) is 39.8 Å². The number of nitrogens with zero attached hydrogens (tertiary/aromatic N) is 1. The normalized spacial score (nSPS) is 44.7. The minimum absolute atomic E-state index is 0.0300.